The average Bonchev–Trinajstić information content (AvgIpc) is 2.46. The molecule has 0 amide bonds. The topological polar surface area (TPSA) is 77.8 Å². The van der Waals surface area contributed by atoms with Gasteiger partial charge in [-0.1, -0.05) is 12.1 Å². The molecular weight excluding hydrogens is 224 g/mol. The summed E-state index contributed by atoms with van der Waals surface area (Å²) in [5.41, 5.74) is 13.8. The van der Waals surface area contributed by atoms with Crippen LogP contribution in [0, 0.1) is 0 Å². The van der Waals surface area contributed by atoms with Gasteiger partial charge in [-0.3, -0.25) is 9.97 Å². The van der Waals surface area contributed by atoms with Crippen LogP contribution in [0.4, 0.5) is 0 Å². The van der Waals surface area contributed by atoms with Crippen molar-refractivity contribution >= 4 is 0 Å². The molecule has 2 rings (SSSR count). The van der Waals surface area contributed by atoms with E-state index in [1.54, 1.807) is 12.4 Å². The lowest BCUT2D eigenvalue weighted by Gasteiger charge is -2.21. The molecule has 0 bridgehead atoms. The van der Waals surface area contributed by atoms with Crippen LogP contribution in [-0.4, -0.2) is 22.6 Å². The van der Waals surface area contributed by atoms with Gasteiger partial charge in [0.15, 0.2) is 0 Å². The van der Waals surface area contributed by atoms with Gasteiger partial charge >= 0.3 is 0 Å². The first-order valence-electron chi connectivity index (χ1n) is 6.07. The molecule has 2 aromatic rings. The fraction of sp³-hybridized carbons (Fsp3) is 0.286. The fourth-order valence-corrected chi connectivity index (χ4v) is 1.98. The summed E-state index contributed by atoms with van der Waals surface area (Å²) in [4.78, 5) is 8.72. The van der Waals surface area contributed by atoms with Gasteiger partial charge in [-0.2, -0.15) is 0 Å². The molecule has 0 saturated carbocycles. The van der Waals surface area contributed by atoms with Crippen LogP contribution in [0.25, 0.3) is 0 Å². The lowest BCUT2D eigenvalue weighted by atomic mass is 9.91. The molecule has 0 saturated heterocycles. The second-order valence-electron chi connectivity index (χ2n) is 4.29. The van der Waals surface area contributed by atoms with Crippen molar-refractivity contribution in [3.63, 3.8) is 0 Å². The maximum Gasteiger partial charge on any atom is 0.0454 e. The van der Waals surface area contributed by atoms with E-state index in [2.05, 4.69) is 9.97 Å². The summed E-state index contributed by atoms with van der Waals surface area (Å²) in [5, 5.41) is 0. The zero-order valence-electron chi connectivity index (χ0n) is 10.2. The van der Waals surface area contributed by atoms with Crippen molar-refractivity contribution in [2.75, 3.05) is 6.54 Å². The quantitative estimate of drug-likeness (QED) is 0.822. The van der Waals surface area contributed by atoms with E-state index in [0.29, 0.717) is 6.54 Å². The molecule has 0 spiro atoms. The highest BCUT2D eigenvalue weighted by Gasteiger charge is 2.20. The third-order valence-electron chi connectivity index (χ3n) is 3.01. The molecule has 18 heavy (non-hydrogen) atoms. The Hall–Kier alpha value is -1.78. The van der Waals surface area contributed by atoms with Crippen molar-refractivity contribution in [3.05, 3.63) is 60.2 Å². The first-order chi connectivity index (χ1) is 8.81. The van der Waals surface area contributed by atoms with Gasteiger partial charge in [-0.25, -0.2) is 0 Å². The smallest absolute Gasteiger partial charge is 0.0454 e. The van der Waals surface area contributed by atoms with Crippen LogP contribution >= 0.6 is 0 Å². The van der Waals surface area contributed by atoms with E-state index in [1.807, 2.05) is 36.4 Å². The van der Waals surface area contributed by atoms with Gasteiger partial charge in [0.2, 0.25) is 0 Å². The van der Waals surface area contributed by atoms with E-state index < -0.39 is 0 Å². The molecule has 0 aliphatic heterocycles. The van der Waals surface area contributed by atoms with Crippen molar-refractivity contribution in [2.24, 2.45) is 11.5 Å². The summed E-state index contributed by atoms with van der Waals surface area (Å²) in [6.45, 7) is 0.439. The van der Waals surface area contributed by atoms with Gasteiger partial charge in [0.05, 0.1) is 0 Å². The summed E-state index contributed by atoms with van der Waals surface area (Å²) in [5.74, 6) is 0.103. The predicted octanol–water partition coefficient (Wildman–Crippen LogP) is 1.09. The summed E-state index contributed by atoms with van der Waals surface area (Å²) >= 11 is 0. The number of aromatic nitrogens is 2. The lowest BCUT2D eigenvalue weighted by molar-refractivity contribution is 0.520. The summed E-state index contributed by atoms with van der Waals surface area (Å²) in [7, 11) is 0. The third-order valence-corrected chi connectivity index (χ3v) is 3.01. The standard InChI is InChI=1S/C14H18N4/c15-10-13(16)12(14-6-2-4-8-18-14)9-11-5-1-3-7-17-11/h1-8,12-13H,9-10,15-16H2. The Labute approximate surface area is 107 Å². The number of nitrogens with two attached hydrogens (primary N) is 2. The van der Waals surface area contributed by atoms with Crippen molar-refractivity contribution in [2.45, 2.75) is 18.4 Å². The van der Waals surface area contributed by atoms with Gasteiger partial charge in [0.1, 0.15) is 0 Å². The molecule has 2 aromatic heterocycles. The Morgan fingerprint density at radius 2 is 1.72 bits per heavy atom. The molecule has 4 nitrogen and oxygen atoms in total. The second kappa shape index (κ2) is 6.23. The normalized spacial score (nSPS) is 14.1. The van der Waals surface area contributed by atoms with E-state index in [4.69, 9.17) is 11.5 Å². The highest BCUT2D eigenvalue weighted by molar-refractivity contribution is 5.16. The van der Waals surface area contributed by atoms with Gasteiger partial charge in [0, 0.05) is 42.3 Å². The summed E-state index contributed by atoms with van der Waals surface area (Å²) < 4.78 is 0. The highest BCUT2D eigenvalue weighted by atomic mass is 14.8. The zero-order chi connectivity index (χ0) is 12.8. The highest BCUT2D eigenvalue weighted by Crippen LogP contribution is 2.20. The molecular formula is C14H18N4. The molecule has 4 N–H and O–H groups in total. The number of pyridine rings is 2. The van der Waals surface area contributed by atoms with Crippen LogP contribution in [0.3, 0.4) is 0 Å². The van der Waals surface area contributed by atoms with Crippen molar-refractivity contribution in [1.82, 2.24) is 9.97 Å². The minimum atomic E-state index is -0.109. The van der Waals surface area contributed by atoms with Crippen LogP contribution in [0.1, 0.15) is 17.3 Å². The van der Waals surface area contributed by atoms with Crippen LogP contribution in [0.5, 0.6) is 0 Å². The van der Waals surface area contributed by atoms with E-state index >= 15 is 0 Å². The van der Waals surface area contributed by atoms with Crippen LogP contribution < -0.4 is 11.5 Å². The monoisotopic (exact) mass is 242 g/mol. The summed E-state index contributed by atoms with van der Waals surface area (Å²) in [6, 6.07) is 11.6. The zero-order valence-corrected chi connectivity index (χ0v) is 10.2. The largest absolute Gasteiger partial charge is 0.329 e. The van der Waals surface area contributed by atoms with E-state index in [-0.39, 0.29) is 12.0 Å². The number of hydrogen-bond acceptors (Lipinski definition) is 4. The minimum absolute atomic E-state index is 0.103. The van der Waals surface area contributed by atoms with E-state index in [0.717, 1.165) is 17.8 Å². The molecule has 0 aromatic carbocycles. The molecule has 0 radical (unpaired) electrons. The van der Waals surface area contributed by atoms with Gasteiger partial charge in [-0.05, 0) is 30.7 Å². The van der Waals surface area contributed by atoms with Gasteiger partial charge in [-0.15, -0.1) is 0 Å². The van der Waals surface area contributed by atoms with Gasteiger partial charge < -0.3 is 11.5 Å². The maximum absolute atomic E-state index is 6.10. The summed E-state index contributed by atoms with van der Waals surface area (Å²) in [6.07, 6.45) is 4.33. The SMILES string of the molecule is NCC(N)C(Cc1ccccn1)c1ccccn1. The van der Waals surface area contributed by atoms with Crippen LogP contribution in [-0.2, 0) is 6.42 Å². The van der Waals surface area contributed by atoms with Crippen molar-refractivity contribution in [3.8, 4) is 0 Å². The lowest BCUT2D eigenvalue weighted by Crippen LogP contribution is -2.37. The Kier molecular flexibility index (Phi) is 4.39. The molecule has 2 unspecified atom stereocenters. The average molecular weight is 242 g/mol. The Morgan fingerprint density at radius 3 is 2.28 bits per heavy atom. The van der Waals surface area contributed by atoms with E-state index in [9.17, 15) is 0 Å². The third kappa shape index (κ3) is 3.12. The predicted molar refractivity (Wildman–Crippen MR) is 71.9 cm³/mol. The number of nitrogens with zero attached hydrogens (tertiary/aromatic N) is 2. The molecule has 0 aliphatic carbocycles. The molecule has 2 heterocycles. The molecule has 0 aliphatic rings. The Bertz CT molecular complexity index is 458. The van der Waals surface area contributed by atoms with Crippen molar-refractivity contribution < 1.29 is 0 Å². The minimum Gasteiger partial charge on any atom is -0.329 e. The number of hydrogen-bond donors (Lipinski definition) is 2. The molecule has 2 atom stereocenters. The maximum atomic E-state index is 6.10. The molecule has 94 valence electrons. The van der Waals surface area contributed by atoms with Crippen LogP contribution in [0.2, 0.25) is 0 Å². The van der Waals surface area contributed by atoms with E-state index in [1.165, 1.54) is 0 Å². The Balaban J connectivity index is 2.21. The number of rotatable bonds is 5. The fourth-order valence-electron chi connectivity index (χ4n) is 1.98. The van der Waals surface area contributed by atoms with Crippen molar-refractivity contribution in [1.29, 1.82) is 0 Å². The molecule has 4 heteroatoms. The first-order valence-corrected chi connectivity index (χ1v) is 6.07. The van der Waals surface area contributed by atoms with Gasteiger partial charge in [0.25, 0.3) is 0 Å². The molecule has 0 fully saturated rings. The second-order valence-corrected chi connectivity index (χ2v) is 4.29. The van der Waals surface area contributed by atoms with Crippen LogP contribution in [0.15, 0.2) is 48.8 Å². The Morgan fingerprint density at radius 1 is 1.00 bits per heavy atom. The first kappa shape index (κ1) is 12.7.